The number of nitrogens with zero attached hydrogens (tertiary/aromatic N) is 1. The fourth-order valence-electron chi connectivity index (χ4n) is 2.72. The Bertz CT molecular complexity index is 458. The second-order valence-corrected chi connectivity index (χ2v) is 6.72. The molecule has 1 saturated heterocycles. The van der Waals surface area contributed by atoms with Crippen LogP contribution in [0.5, 0.6) is 0 Å². The lowest BCUT2D eigenvalue weighted by molar-refractivity contribution is -0.126. The topological polar surface area (TPSA) is 54.0 Å². The Balaban J connectivity index is 1.96. The quantitative estimate of drug-likeness (QED) is 0.894. The highest BCUT2D eigenvalue weighted by atomic mass is 32.1. The molecule has 1 amide bonds. The summed E-state index contributed by atoms with van der Waals surface area (Å²) in [5.74, 6) is 0.333. The number of amides is 1. The summed E-state index contributed by atoms with van der Waals surface area (Å²) in [6, 6.07) is 0.496. The molecular weight excluding hydrogens is 258 g/mol. The summed E-state index contributed by atoms with van der Waals surface area (Å²) >= 11 is 1.67. The molecule has 1 aliphatic rings. The minimum atomic E-state index is 0.0592. The summed E-state index contributed by atoms with van der Waals surface area (Å²) < 4.78 is 0. The molecule has 0 radical (unpaired) electrons. The zero-order chi connectivity index (χ0) is 14.0. The fourth-order valence-corrected chi connectivity index (χ4v) is 3.65. The van der Waals surface area contributed by atoms with E-state index >= 15 is 0 Å². The molecule has 5 heteroatoms. The number of carbonyl (C=O) groups excluding carboxylic acids is 1. The first-order chi connectivity index (χ1) is 8.97. The molecule has 0 aromatic carbocycles. The number of rotatable bonds is 3. The third-order valence-electron chi connectivity index (χ3n) is 3.69. The van der Waals surface area contributed by atoms with Crippen LogP contribution in [0.15, 0.2) is 0 Å². The van der Waals surface area contributed by atoms with Crippen LogP contribution in [0.3, 0.4) is 0 Å². The average molecular weight is 281 g/mol. The third kappa shape index (κ3) is 3.54. The van der Waals surface area contributed by atoms with E-state index < -0.39 is 0 Å². The third-order valence-corrected chi connectivity index (χ3v) is 4.94. The Labute approximate surface area is 119 Å². The summed E-state index contributed by atoms with van der Waals surface area (Å²) in [5.41, 5.74) is 1.04. The standard InChI is InChI=1S/C14H23N3OS/c1-8-7-12(5-6-15-8)14(18)17-10(3)13-9(2)16-11(4)19-13/h8,10,12,15H,5-7H2,1-4H3,(H,17,18). The number of hydrogen-bond donors (Lipinski definition) is 2. The van der Waals surface area contributed by atoms with E-state index in [1.807, 2.05) is 20.8 Å². The first-order valence-corrected chi connectivity index (χ1v) is 7.76. The summed E-state index contributed by atoms with van der Waals surface area (Å²) in [6.45, 7) is 9.13. The van der Waals surface area contributed by atoms with Crippen molar-refractivity contribution in [2.45, 2.75) is 52.6 Å². The maximum absolute atomic E-state index is 12.3. The number of aryl methyl sites for hydroxylation is 2. The molecule has 1 aliphatic heterocycles. The van der Waals surface area contributed by atoms with Gasteiger partial charge in [0.25, 0.3) is 0 Å². The monoisotopic (exact) mass is 281 g/mol. The highest BCUT2D eigenvalue weighted by Gasteiger charge is 2.26. The van der Waals surface area contributed by atoms with Crippen LogP contribution in [0.1, 0.15) is 48.3 Å². The number of piperidine rings is 1. The zero-order valence-corrected chi connectivity index (χ0v) is 12.9. The van der Waals surface area contributed by atoms with Gasteiger partial charge in [-0.15, -0.1) is 11.3 Å². The van der Waals surface area contributed by atoms with E-state index in [1.54, 1.807) is 11.3 Å². The smallest absolute Gasteiger partial charge is 0.223 e. The van der Waals surface area contributed by atoms with Gasteiger partial charge in [0.2, 0.25) is 5.91 Å². The maximum Gasteiger partial charge on any atom is 0.223 e. The summed E-state index contributed by atoms with van der Waals surface area (Å²) in [6.07, 6.45) is 1.86. The van der Waals surface area contributed by atoms with Crippen LogP contribution in [-0.4, -0.2) is 23.5 Å². The van der Waals surface area contributed by atoms with E-state index in [4.69, 9.17) is 0 Å². The molecule has 2 N–H and O–H groups in total. The van der Waals surface area contributed by atoms with Crippen molar-refractivity contribution in [2.75, 3.05) is 6.54 Å². The molecule has 0 aliphatic carbocycles. The molecule has 2 rings (SSSR count). The molecule has 1 aromatic rings. The van der Waals surface area contributed by atoms with Crippen LogP contribution in [-0.2, 0) is 4.79 Å². The molecule has 3 atom stereocenters. The van der Waals surface area contributed by atoms with Crippen molar-refractivity contribution in [1.82, 2.24) is 15.6 Å². The van der Waals surface area contributed by atoms with Crippen LogP contribution < -0.4 is 10.6 Å². The number of carbonyl (C=O) groups is 1. The second kappa shape index (κ2) is 6.01. The predicted octanol–water partition coefficient (Wildman–Crippen LogP) is 2.33. The largest absolute Gasteiger partial charge is 0.348 e. The van der Waals surface area contributed by atoms with Crippen molar-refractivity contribution < 1.29 is 4.79 Å². The van der Waals surface area contributed by atoms with Crippen molar-refractivity contribution in [1.29, 1.82) is 0 Å². The number of thiazole rings is 1. The Kier molecular flexibility index (Phi) is 4.58. The molecule has 1 fully saturated rings. The number of nitrogens with one attached hydrogen (secondary N) is 2. The van der Waals surface area contributed by atoms with Gasteiger partial charge in [-0.1, -0.05) is 0 Å². The molecule has 2 heterocycles. The molecular formula is C14H23N3OS. The average Bonchev–Trinajstić information content (AvgIpc) is 2.68. The molecule has 106 valence electrons. The van der Waals surface area contributed by atoms with E-state index in [9.17, 15) is 4.79 Å². The van der Waals surface area contributed by atoms with Crippen LogP contribution in [0.25, 0.3) is 0 Å². The number of hydrogen-bond acceptors (Lipinski definition) is 4. The first kappa shape index (κ1) is 14.5. The van der Waals surface area contributed by atoms with Gasteiger partial charge in [0, 0.05) is 16.8 Å². The van der Waals surface area contributed by atoms with Crippen LogP contribution in [0.2, 0.25) is 0 Å². The maximum atomic E-state index is 12.3. The van der Waals surface area contributed by atoms with Gasteiger partial charge < -0.3 is 10.6 Å². The lowest BCUT2D eigenvalue weighted by atomic mass is 9.92. The number of aromatic nitrogens is 1. The lowest BCUT2D eigenvalue weighted by Crippen LogP contribution is -2.42. The van der Waals surface area contributed by atoms with Crippen molar-refractivity contribution in [3.8, 4) is 0 Å². The fraction of sp³-hybridized carbons (Fsp3) is 0.714. The first-order valence-electron chi connectivity index (χ1n) is 6.95. The van der Waals surface area contributed by atoms with Crippen LogP contribution >= 0.6 is 11.3 Å². The van der Waals surface area contributed by atoms with E-state index in [2.05, 4.69) is 22.5 Å². The Morgan fingerprint density at radius 2 is 2.26 bits per heavy atom. The molecule has 19 heavy (non-hydrogen) atoms. The normalized spacial score (nSPS) is 25.1. The van der Waals surface area contributed by atoms with Gasteiger partial charge >= 0.3 is 0 Å². The van der Waals surface area contributed by atoms with Crippen molar-refractivity contribution >= 4 is 17.2 Å². The molecule has 0 bridgehead atoms. The Morgan fingerprint density at radius 3 is 2.84 bits per heavy atom. The Hall–Kier alpha value is -0.940. The van der Waals surface area contributed by atoms with Gasteiger partial charge in [-0.25, -0.2) is 4.98 Å². The lowest BCUT2D eigenvalue weighted by Gasteiger charge is -2.28. The van der Waals surface area contributed by atoms with Crippen molar-refractivity contribution in [3.63, 3.8) is 0 Å². The van der Waals surface area contributed by atoms with Gasteiger partial charge in [-0.05, 0) is 47.1 Å². The van der Waals surface area contributed by atoms with E-state index in [-0.39, 0.29) is 17.9 Å². The van der Waals surface area contributed by atoms with Gasteiger partial charge in [-0.2, -0.15) is 0 Å². The minimum absolute atomic E-state index is 0.0592. The molecule has 1 aromatic heterocycles. The molecule has 3 unspecified atom stereocenters. The Morgan fingerprint density at radius 1 is 1.53 bits per heavy atom. The van der Waals surface area contributed by atoms with Gasteiger partial charge in [0.15, 0.2) is 0 Å². The molecule has 0 saturated carbocycles. The van der Waals surface area contributed by atoms with Crippen molar-refractivity contribution in [2.24, 2.45) is 5.92 Å². The highest BCUT2D eigenvalue weighted by Crippen LogP contribution is 2.25. The highest BCUT2D eigenvalue weighted by molar-refractivity contribution is 7.11. The zero-order valence-electron chi connectivity index (χ0n) is 12.1. The van der Waals surface area contributed by atoms with Gasteiger partial charge in [-0.3, -0.25) is 4.79 Å². The van der Waals surface area contributed by atoms with Crippen molar-refractivity contribution in [3.05, 3.63) is 15.6 Å². The molecule has 4 nitrogen and oxygen atoms in total. The second-order valence-electron chi connectivity index (χ2n) is 5.49. The summed E-state index contributed by atoms with van der Waals surface area (Å²) in [7, 11) is 0. The SMILES string of the molecule is Cc1nc(C)c(C(C)NC(=O)C2CCNC(C)C2)s1. The molecule has 0 spiro atoms. The van der Waals surface area contributed by atoms with Gasteiger partial charge in [0.1, 0.15) is 0 Å². The van der Waals surface area contributed by atoms with Crippen LogP contribution in [0.4, 0.5) is 0 Å². The summed E-state index contributed by atoms with van der Waals surface area (Å²) in [4.78, 5) is 17.9. The summed E-state index contributed by atoms with van der Waals surface area (Å²) in [5, 5.41) is 7.58. The van der Waals surface area contributed by atoms with Gasteiger partial charge in [0.05, 0.1) is 16.7 Å². The van der Waals surface area contributed by atoms with E-state index in [1.165, 1.54) is 4.88 Å². The van der Waals surface area contributed by atoms with Crippen LogP contribution in [0, 0.1) is 19.8 Å². The predicted molar refractivity (Wildman–Crippen MR) is 78.3 cm³/mol. The van der Waals surface area contributed by atoms with E-state index in [0.29, 0.717) is 6.04 Å². The minimum Gasteiger partial charge on any atom is -0.348 e. The van der Waals surface area contributed by atoms with E-state index in [0.717, 1.165) is 30.1 Å².